The van der Waals surface area contributed by atoms with Gasteiger partial charge in [0, 0.05) is 6.04 Å². The summed E-state index contributed by atoms with van der Waals surface area (Å²) in [7, 11) is 0. The molecule has 88 valence electrons. The molecule has 1 fully saturated rings. The van der Waals surface area contributed by atoms with Crippen LogP contribution in [0.3, 0.4) is 0 Å². The minimum Gasteiger partial charge on any atom is -0.436 e. The summed E-state index contributed by atoms with van der Waals surface area (Å²) in [5.74, 6) is 1.01. The van der Waals surface area contributed by atoms with E-state index >= 15 is 0 Å². The largest absolute Gasteiger partial charge is 0.436 e. The van der Waals surface area contributed by atoms with Crippen LogP contribution in [-0.2, 0) is 0 Å². The summed E-state index contributed by atoms with van der Waals surface area (Å²) in [6.07, 6.45) is 5.72. The van der Waals surface area contributed by atoms with E-state index in [0.29, 0.717) is 24.0 Å². The van der Waals surface area contributed by atoms with Gasteiger partial charge in [0.05, 0.1) is 12.2 Å². The zero-order chi connectivity index (χ0) is 11.5. The van der Waals surface area contributed by atoms with Crippen molar-refractivity contribution in [2.24, 2.45) is 0 Å². The third-order valence-corrected chi connectivity index (χ3v) is 3.15. The third kappa shape index (κ3) is 2.16. The molecule has 2 rings (SSSR count). The first-order valence-corrected chi connectivity index (χ1v) is 5.89. The first kappa shape index (κ1) is 11.3. The van der Waals surface area contributed by atoms with Crippen molar-refractivity contribution in [1.29, 1.82) is 0 Å². The maximum atomic E-state index is 10.6. The lowest BCUT2D eigenvalue weighted by Crippen LogP contribution is -2.38. The molecular formula is C12H18N2O2. The maximum absolute atomic E-state index is 10.6. The lowest BCUT2D eigenvalue weighted by Gasteiger charge is -2.36. The van der Waals surface area contributed by atoms with Gasteiger partial charge >= 0.3 is 0 Å². The fourth-order valence-corrected chi connectivity index (χ4v) is 2.35. The standard InChI is InChI=1S/C12H18N2O2/c1-9(2)14-6-4-3-5-11(14)12-13-7-10(8-15)16-12/h7-9,11H,3-6H2,1-2H3. The van der Waals surface area contributed by atoms with E-state index in [4.69, 9.17) is 4.42 Å². The average molecular weight is 222 g/mol. The second-order valence-corrected chi connectivity index (χ2v) is 4.56. The highest BCUT2D eigenvalue weighted by molar-refractivity contribution is 5.69. The van der Waals surface area contributed by atoms with Gasteiger partial charge in [-0.05, 0) is 33.2 Å². The highest BCUT2D eigenvalue weighted by Crippen LogP contribution is 2.31. The zero-order valence-corrected chi connectivity index (χ0v) is 9.85. The molecular weight excluding hydrogens is 204 g/mol. The molecule has 0 N–H and O–H groups in total. The van der Waals surface area contributed by atoms with Gasteiger partial charge in [-0.2, -0.15) is 0 Å². The van der Waals surface area contributed by atoms with Gasteiger partial charge in [0.1, 0.15) is 0 Å². The van der Waals surface area contributed by atoms with Crippen molar-refractivity contribution in [2.75, 3.05) is 6.54 Å². The van der Waals surface area contributed by atoms with Crippen molar-refractivity contribution in [1.82, 2.24) is 9.88 Å². The van der Waals surface area contributed by atoms with Crippen LogP contribution in [0.1, 0.15) is 55.6 Å². The van der Waals surface area contributed by atoms with Crippen LogP contribution < -0.4 is 0 Å². The van der Waals surface area contributed by atoms with Crippen LogP contribution in [0.4, 0.5) is 0 Å². The molecule has 1 aliphatic heterocycles. The fraction of sp³-hybridized carbons (Fsp3) is 0.667. The Kier molecular flexibility index (Phi) is 3.39. The van der Waals surface area contributed by atoms with E-state index in [1.54, 1.807) is 0 Å². The lowest BCUT2D eigenvalue weighted by molar-refractivity contribution is 0.0901. The fourth-order valence-electron chi connectivity index (χ4n) is 2.35. The van der Waals surface area contributed by atoms with E-state index in [2.05, 4.69) is 23.7 Å². The summed E-state index contributed by atoms with van der Waals surface area (Å²) in [4.78, 5) is 17.2. The van der Waals surface area contributed by atoms with Gasteiger partial charge < -0.3 is 4.42 Å². The van der Waals surface area contributed by atoms with Crippen LogP contribution in [0, 0.1) is 0 Å². The van der Waals surface area contributed by atoms with Gasteiger partial charge in [0.15, 0.2) is 12.0 Å². The second-order valence-electron chi connectivity index (χ2n) is 4.56. The average Bonchev–Trinajstić information content (AvgIpc) is 2.77. The molecule has 1 aromatic rings. The monoisotopic (exact) mass is 222 g/mol. The Morgan fingerprint density at radius 2 is 2.38 bits per heavy atom. The normalized spacial score (nSPS) is 22.6. The van der Waals surface area contributed by atoms with Crippen molar-refractivity contribution in [3.8, 4) is 0 Å². The predicted octanol–water partition coefficient (Wildman–Crippen LogP) is 2.42. The van der Waals surface area contributed by atoms with Crippen LogP contribution in [0.15, 0.2) is 10.6 Å². The van der Waals surface area contributed by atoms with Crippen molar-refractivity contribution in [3.63, 3.8) is 0 Å². The number of likely N-dealkylation sites (tertiary alicyclic amines) is 1. The third-order valence-electron chi connectivity index (χ3n) is 3.15. The highest BCUT2D eigenvalue weighted by atomic mass is 16.4. The molecule has 0 aliphatic carbocycles. The Bertz CT molecular complexity index is 360. The Hall–Kier alpha value is -1.16. The number of aldehydes is 1. The Labute approximate surface area is 95.6 Å². The first-order chi connectivity index (χ1) is 7.72. The molecule has 4 heteroatoms. The van der Waals surface area contributed by atoms with E-state index in [9.17, 15) is 4.79 Å². The zero-order valence-electron chi connectivity index (χ0n) is 9.85. The lowest BCUT2D eigenvalue weighted by atomic mass is 10.0. The molecule has 1 atom stereocenters. The molecule has 4 nitrogen and oxygen atoms in total. The number of carbonyl (C=O) groups excluding carboxylic acids is 1. The van der Waals surface area contributed by atoms with Gasteiger partial charge in [0.25, 0.3) is 0 Å². The van der Waals surface area contributed by atoms with E-state index < -0.39 is 0 Å². The summed E-state index contributed by atoms with van der Waals surface area (Å²) >= 11 is 0. The molecule has 0 bridgehead atoms. The molecule has 0 spiro atoms. The van der Waals surface area contributed by atoms with Crippen LogP contribution in [-0.4, -0.2) is 28.8 Å². The van der Waals surface area contributed by atoms with Crippen molar-refractivity contribution < 1.29 is 9.21 Å². The van der Waals surface area contributed by atoms with Crippen LogP contribution in [0.2, 0.25) is 0 Å². The number of carbonyl (C=O) groups is 1. The number of hydrogen-bond acceptors (Lipinski definition) is 4. The Morgan fingerprint density at radius 3 is 3.00 bits per heavy atom. The van der Waals surface area contributed by atoms with Crippen LogP contribution >= 0.6 is 0 Å². The second kappa shape index (κ2) is 4.78. The van der Waals surface area contributed by atoms with Gasteiger partial charge in [-0.3, -0.25) is 9.69 Å². The van der Waals surface area contributed by atoms with Crippen LogP contribution in [0.5, 0.6) is 0 Å². The van der Waals surface area contributed by atoms with Crippen molar-refractivity contribution >= 4 is 6.29 Å². The van der Waals surface area contributed by atoms with Crippen molar-refractivity contribution in [3.05, 3.63) is 17.8 Å². The van der Waals surface area contributed by atoms with Gasteiger partial charge in [-0.15, -0.1) is 0 Å². The highest BCUT2D eigenvalue weighted by Gasteiger charge is 2.29. The van der Waals surface area contributed by atoms with E-state index in [1.165, 1.54) is 19.0 Å². The number of aromatic nitrogens is 1. The summed E-state index contributed by atoms with van der Waals surface area (Å²) in [6, 6.07) is 0.722. The summed E-state index contributed by atoms with van der Waals surface area (Å²) in [5, 5.41) is 0. The Morgan fingerprint density at radius 1 is 1.56 bits per heavy atom. The van der Waals surface area contributed by atoms with E-state index in [0.717, 1.165) is 13.0 Å². The number of oxazole rings is 1. The summed E-state index contributed by atoms with van der Waals surface area (Å²) in [5.41, 5.74) is 0. The topological polar surface area (TPSA) is 46.3 Å². The molecule has 0 amide bonds. The molecule has 0 aromatic carbocycles. The van der Waals surface area contributed by atoms with Gasteiger partial charge in [0.2, 0.25) is 5.89 Å². The van der Waals surface area contributed by atoms with E-state index in [1.807, 2.05) is 0 Å². The van der Waals surface area contributed by atoms with Gasteiger partial charge in [-0.1, -0.05) is 6.42 Å². The molecule has 2 heterocycles. The Balaban J connectivity index is 2.19. The summed E-state index contributed by atoms with van der Waals surface area (Å²) < 4.78 is 5.43. The quantitative estimate of drug-likeness (QED) is 0.737. The van der Waals surface area contributed by atoms with Crippen LogP contribution in [0.25, 0.3) is 0 Å². The molecule has 1 aliphatic rings. The summed E-state index contributed by atoms with van der Waals surface area (Å²) in [6.45, 7) is 5.45. The molecule has 0 saturated carbocycles. The number of nitrogens with zero attached hydrogens (tertiary/aromatic N) is 2. The molecule has 16 heavy (non-hydrogen) atoms. The molecule has 1 saturated heterocycles. The smallest absolute Gasteiger partial charge is 0.212 e. The molecule has 0 radical (unpaired) electrons. The molecule has 1 unspecified atom stereocenters. The number of hydrogen-bond donors (Lipinski definition) is 0. The van der Waals surface area contributed by atoms with Crippen molar-refractivity contribution in [2.45, 2.75) is 45.2 Å². The minimum atomic E-state index is 0.238. The minimum absolute atomic E-state index is 0.238. The number of piperidine rings is 1. The number of rotatable bonds is 3. The molecule has 1 aromatic heterocycles. The maximum Gasteiger partial charge on any atom is 0.212 e. The SMILES string of the molecule is CC(C)N1CCCCC1c1ncc(C=O)o1. The first-order valence-electron chi connectivity index (χ1n) is 5.89. The van der Waals surface area contributed by atoms with E-state index in [-0.39, 0.29) is 6.04 Å². The van der Waals surface area contributed by atoms with Gasteiger partial charge in [-0.25, -0.2) is 4.98 Å². The predicted molar refractivity (Wildman–Crippen MR) is 60.3 cm³/mol.